The van der Waals surface area contributed by atoms with Gasteiger partial charge in [-0.1, -0.05) is 70.4 Å². The van der Waals surface area contributed by atoms with Crippen LogP contribution in [0.15, 0.2) is 12.2 Å². The van der Waals surface area contributed by atoms with Crippen LogP contribution in [-0.4, -0.2) is 75.3 Å². The van der Waals surface area contributed by atoms with E-state index < -0.39 is 42.6 Å². The summed E-state index contributed by atoms with van der Waals surface area (Å²) < 4.78 is 14.5. The molecule has 0 amide bonds. The van der Waals surface area contributed by atoms with E-state index in [-0.39, 0.29) is 6.42 Å². The van der Waals surface area contributed by atoms with E-state index in [9.17, 15) is 30.3 Å². The second-order valence-corrected chi connectivity index (χ2v) is 9.07. The summed E-state index contributed by atoms with van der Waals surface area (Å²) >= 11 is 0. The zero-order valence-corrected chi connectivity index (χ0v) is 20.9. The molecule has 1 fully saturated rings. The lowest BCUT2D eigenvalue weighted by Crippen LogP contribution is -2.75. The predicted octanol–water partition coefficient (Wildman–Crippen LogP) is 2.66. The van der Waals surface area contributed by atoms with Crippen molar-refractivity contribution in [1.29, 1.82) is 0 Å². The highest BCUT2D eigenvalue weighted by molar-refractivity contribution is 5.69. The lowest BCUT2D eigenvalue weighted by molar-refractivity contribution is -0.518. The molecule has 1 aliphatic rings. The summed E-state index contributed by atoms with van der Waals surface area (Å²) in [6.45, 7) is 1.47. The van der Waals surface area contributed by atoms with Crippen LogP contribution in [0.25, 0.3) is 0 Å². The first-order chi connectivity index (χ1) is 16.3. The van der Waals surface area contributed by atoms with Crippen molar-refractivity contribution in [3.05, 3.63) is 12.2 Å². The van der Waals surface area contributed by atoms with Crippen LogP contribution in [0.1, 0.15) is 96.8 Å². The third-order valence-electron chi connectivity index (χ3n) is 6.24. The Balaban J connectivity index is 2.21. The minimum Gasteiger partial charge on any atom is -0.421 e. The van der Waals surface area contributed by atoms with Crippen LogP contribution in [0.4, 0.5) is 0 Å². The summed E-state index contributed by atoms with van der Waals surface area (Å²) in [5, 5.41) is 50.4. The number of rotatable bonds is 18. The SMILES string of the molecule is CCCCCCCC/C=C\CCCCCCCC(=O)O[C@]1(O)[C@@H](O)[C@H](O)[C@@H](CO)OC1(O)OC. The van der Waals surface area contributed by atoms with Gasteiger partial charge in [-0.2, -0.15) is 0 Å². The van der Waals surface area contributed by atoms with Crippen molar-refractivity contribution < 1.29 is 44.5 Å². The Labute approximate surface area is 203 Å². The number of carbonyl (C=O) groups is 1. The van der Waals surface area contributed by atoms with Gasteiger partial charge in [-0.05, 0) is 32.1 Å². The lowest BCUT2D eigenvalue weighted by Gasteiger charge is -2.49. The van der Waals surface area contributed by atoms with E-state index in [4.69, 9.17) is 14.2 Å². The molecule has 5 N–H and O–H groups in total. The van der Waals surface area contributed by atoms with E-state index in [1.54, 1.807) is 0 Å². The molecule has 0 spiro atoms. The van der Waals surface area contributed by atoms with Crippen LogP contribution in [0.5, 0.6) is 0 Å². The summed E-state index contributed by atoms with van der Waals surface area (Å²) in [6, 6.07) is 0. The van der Waals surface area contributed by atoms with Crippen LogP contribution in [-0.2, 0) is 19.0 Å². The normalized spacial score (nSPS) is 29.6. The van der Waals surface area contributed by atoms with Gasteiger partial charge in [0.1, 0.15) is 12.2 Å². The van der Waals surface area contributed by atoms with Crippen LogP contribution in [0.2, 0.25) is 0 Å². The fourth-order valence-electron chi connectivity index (χ4n) is 4.01. The third kappa shape index (κ3) is 9.53. The number of allylic oxidation sites excluding steroid dienone is 2. The van der Waals surface area contributed by atoms with Crippen molar-refractivity contribution >= 4 is 5.97 Å². The highest BCUT2D eigenvalue weighted by Gasteiger charge is 2.68. The van der Waals surface area contributed by atoms with Gasteiger partial charge >= 0.3 is 17.7 Å². The topological polar surface area (TPSA) is 146 Å². The van der Waals surface area contributed by atoms with E-state index in [1.807, 2.05) is 0 Å². The third-order valence-corrected chi connectivity index (χ3v) is 6.24. The van der Waals surface area contributed by atoms with Crippen LogP contribution >= 0.6 is 0 Å². The summed E-state index contributed by atoms with van der Waals surface area (Å²) in [4.78, 5) is 12.2. The average Bonchev–Trinajstić information content (AvgIpc) is 2.82. The monoisotopic (exact) mass is 490 g/mol. The van der Waals surface area contributed by atoms with Crippen molar-refractivity contribution in [1.82, 2.24) is 0 Å². The first kappa shape index (κ1) is 31.0. The van der Waals surface area contributed by atoms with Crippen LogP contribution in [0, 0.1) is 0 Å². The molecule has 0 saturated carbocycles. The summed E-state index contributed by atoms with van der Waals surface area (Å²) in [7, 11) is 0.960. The van der Waals surface area contributed by atoms with Gasteiger partial charge in [0.25, 0.3) is 0 Å². The van der Waals surface area contributed by atoms with Gasteiger partial charge in [0, 0.05) is 13.5 Å². The van der Waals surface area contributed by atoms with Crippen LogP contribution < -0.4 is 0 Å². The highest BCUT2D eigenvalue weighted by atomic mass is 16.9. The molecule has 9 nitrogen and oxygen atoms in total. The van der Waals surface area contributed by atoms with Gasteiger partial charge in [-0.3, -0.25) is 4.79 Å². The molecule has 1 aliphatic heterocycles. The van der Waals surface area contributed by atoms with Gasteiger partial charge in [0.2, 0.25) is 0 Å². The molecule has 9 heteroatoms. The number of esters is 1. The highest BCUT2D eigenvalue weighted by Crippen LogP contribution is 2.38. The maximum Gasteiger partial charge on any atom is 0.353 e. The van der Waals surface area contributed by atoms with E-state index in [2.05, 4.69) is 19.1 Å². The summed E-state index contributed by atoms with van der Waals surface area (Å²) in [5.41, 5.74) is 0. The lowest BCUT2D eigenvalue weighted by atomic mass is 9.94. The number of ether oxygens (including phenoxy) is 3. The zero-order chi connectivity index (χ0) is 25.5. The molecule has 34 heavy (non-hydrogen) atoms. The fraction of sp³-hybridized carbons (Fsp3) is 0.880. The summed E-state index contributed by atoms with van der Waals surface area (Å²) in [5.74, 6) is -6.88. The minimum atomic E-state index is -3.05. The molecular weight excluding hydrogens is 444 g/mol. The Morgan fingerprint density at radius 1 is 0.912 bits per heavy atom. The Bertz CT molecular complexity index is 585. The van der Waals surface area contributed by atoms with Gasteiger partial charge in [-0.25, -0.2) is 0 Å². The number of hydrogen-bond acceptors (Lipinski definition) is 9. The van der Waals surface area contributed by atoms with Gasteiger partial charge in [-0.15, -0.1) is 0 Å². The molecule has 200 valence electrons. The number of aliphatic hydroxyl groups is 5. The number of unbranched alkanes of at least 4 members (excludes halogenated alkanes) is 11. The number of hydrogen-bond donors (Lipinski definition) is 5. The molecule has 1 saturated heterocycles. The Morgan fingerprint density at radius 3 is 1.97 bits per heavy atom. The molecular formula is C25H46O9. The van der Waals surface area contributed by atoms with Crippen molar-refractivity contribution in [2.75, 3.05) is 13.7 Å². The van der Waals surface area contributed by atoms with E-state index >= 15 is 0 Å². The fourth-order valence-corrected chi connectivity index (χ4v) is 4.01. The van der Waals surface area contributed by atoms with Crippen molar-refractivity contribution in [3.8, 4) is 0 Å². The van der Waals surface area contributed by atoms with Crippen molar-refractivity contribution in [2.45, 2.75) is 127 Å². The maximum atomic E-state index is 12.2. The summed E-state index contributed by atoms with van der Waals surface area (Å²) in [6.07, 6.45) is 13.5. The van der Waals surface area contributed by atoms with Crippen molar-refractivity contribution in [2.24, 2.45) is 0 Å². The standard InChI is InChI=1S/C25H46O9/c1-3-4-5-6-7-8-9-10-11-12-13-14-15-16-17-18-21(27)34-24(30)23(29)22(28)20(19-26)33-25(24,31)32-2/h10-11,20,22-23,26,28-31H,3-9,12-19H2,1-2H3/b11-10-/t20-,22-,23+,24-,25?/m1/s1. The molecule has 1 rings (SSSR count). The van der Waals surface area contributed by atoms with E-state index in [0.29, 0.717) is 6.42 Å². The number of methoxy groups -OCH3 is 1. The first-order valence-electron chi connectivity index (χ1n) is 12.8. The smallest absolute Gasteiger partial charge is 0.353 e. The maximum absolute atomic E-state index is 12.2. The Kier molecular flexibility index (Phi) is 15.1. The molecule has 0 radical (unpaired) electrons. The van der Waals surface area contributed by atoms with Gasteiger partial charge < -0.3 is 39.7 Å². The van der Waals surface area contributed by atoms with Crippen molar-refractivity contribution in [3.63, 3.8) is 0 Å². The largest absolute Gasteiger partial charge is 0.421 e. The minimum absolute atomic E-state index is 0.0491. The molecule has 1 heterocycles. The van der Waals surface area contributed by atoms with E-state index in [0.717, 1.165) is 45.6 Å². The first-order valence-corrected chi connectivity index (χ1v) is 12.8. The second-order valence-electron chi connectivity index (χ2n) is 9.07. The molecule has 0 aromatic heterocycles. The average molecular weight is 491 g/mol. The van der Waals surface area contributed by atoms with Crippen LogP contribution in [0.3, 0.4) is 0 Å². The Morgan fingerprint density at radius 2 is 1.44 bits per heavy atom. The quantitative estimate of drug-likeness (QED) is 0.0847. The molecule has 5 atom stereocenters. The molecule has 0 aromatic rings. The molecule has 1 unspecified atom stereocenters. The number of carbonyl (C=O) groups excluding carboxylic acids is 1. The Hall–Kier alpha value is -1.07. The zero-order valence-electron chi connectivity index (χ0n) is 20.9. The second kappa shape index (κ2) is 16.6. The molecule has 0 bridgehead atoms. The number of aliphatic hydroxyl groups excluding tert-OH is 3. The molecule has 0 aliphatic carbocycles. The van der Waals surface area contributed by atoms with E-state index in [1.165, 1.54) is 38.5 Å². The van der Waals surface area contributed by atoms with Gasteiger partial charge in [0.05, 0.1) is 6.61 Å². The molecule has 0 aromatic carbocycles. The predicted molar refractivity (Wildman–Crippen MR) is 126 cm³/mol. The van der Waals surface area contributed by atoms with Gasteiger partial charge in [0.15, 0.2) is 6.10 Å².